The second kappa shape index (κ2) is 5.67. The van der Waals surface area contributed by atoms with E-state index in [4.69, 9.17) is 0 Å². The van der Waals surface area contributed by atoms with Gasteiger partial charge in [-0.25, -0.2) is 8.78 Å². The smallest absolute Gasteiger partial charge is 0.201 e. The summed E-state index contributed by atoms with van der Waals surface area (Å²) in [6.45, 7) is 3.62. The van der Waals surface area contributed by atoms with Crippen molar-refractivity contribution in [3.63, 3.8) is 0 Å². The Morgan fingerprint density at radius 3 is 2.19 bits per heavy atom. The third-order valence-electron chi connectivity index (χ3n) is 2.44. The van der Waals surface area contributed by atoms with Crippen LogP contribution >= 0.6 is 12.6 Å². The molecule has 16 heavy (non-hydrogen) atoms. The van der Waals surface area contributed by atoms with Gasteiger partial charge in [-0.2, -0.15) is 12.6 Å². The minimum absolute atomic E-state index is 0.00730. The van der Waals surface area contributed by atoms with Crippen LogP contribution in [-0.2, 0) is 12.3 Å². The van der Waals surface area contributed by atoms with E-state index in [9.17, 15) is 8.78 Å². The molecule has 0 aliphatic carbocycles. The zero-order valence-electron chi connectivity index (χ0n) is 9.71. The number of benzene rings is 1. The van der Waals surface area contributed by atoms with Crippen LogP contribution in [0.1, 0.15) is 31.4 Å². The molecule has 0 saturated carbocycles. The van der Waals surface area contributed by atoms with Crippen molar-refractivity contribution in [3.8, 4) is 0 Å². The van der Waals surface area contributed by atoms with Crippen molar-refractivity contribution in [2.24, 2.45) is 5.92 Å². The third kappa shape index (κ3) is 3.78. The Kier molecular flexibility index (Phi) is 4.78. The minimum atomic E-state index is -2.71. The zero-order chi connectivity index (χ0) is 12.2. The molecule has 90 valence electrons. The van der Waals surface area contributed by atoms with Crippen LogP contribution < -0.4 is 0 Å². The first-order chi connectivity index (χ1) is 7.45. The summed E-state index contributed by atoms with van der Waals surface area (Å²) in [5.41, 5.74) is 1.17. The molecule has 0 aliphatic rings. The fourth-order valence-corrected chi connectivity index (χ4v) is 1.93. The molecule has 0 heterocycles. The van der Waals surface area contributed by atoms with Gasteiger partial charge in [0.1, 0.15) is 0 Å². The number of alkyl halides is 2. The van der Waals surface area contributed by atoms with Crippen molar-refractivity contribution >= 4 is 12.6 Å². The number of aryl methyl sites for hydroxylation is 1. The van der Waals surface area contributed by atoms with Crippen LogP contribution in [0.2, 0.25) is 0 Å². The average molecular weight is 244 g/mol. The van der Waals surface area contributed by atoms with E-state index in [1.54, 1.807) is 12.1 Å². The molecule has 0 amide bonds. The maximum atomic E-state index is 13.7. The monoisotopic (exact) mass is 244 g/mol. The Hall–Kier alpha value is -0.570. The zero-order valence-corrected chi connectivity index (χ0v) is 10.6. The van der Waals surface area contributed by atoms with Crippen molar-refractivity contribution in [2.45, 2.75) is 32.6 Å². The van der Waals surface area contributed by atoms with Crippen molar-refractivity contribution in [1.82, 2.24) is 0 Å². The van der Waals surface area contributed by atoms with Gasteiger partial charge < -0.3 is 0 Å². The average Bonchev–Trinajstić information content (AvgIpc) is 2.17. The number of thiol groups is 1. The second-order valence-corrected chi connectivity index (χ2v) is 4.92. The van der Waals surface area contributed by atoms with Gasteiger partial charge in [-0.05, 0) is 23.7 Å². The lowest BCUT2D eigenvalue weighted by molar-refractivity contribution is -0.0249. The Morgan fingerprint density at radius 1 is 1.19 bits per heavy atom. The highest BCUT2D eigenvalue weighted by molar-refractivity contribution is 7.80. The largest absolute Gasteiger partial charge is 0.273 e. The number of hydrogen-bond donors (Lipinski definition) is 1. The summed E-state index contributed by atoms with van der Waals surface area (Å²) in [5, 5.41) is 0. The molecule has 0 bridgehead atoms. The summed E-state index contributed by atoms with van der Waals surface area (Å²) in [5.74, 6) is -1.98. The fraction of sp³-hybridized carbons (Fsp3) is 0.538. The lowest BCUT2D eigenvalue weighted by Gasteiger charge is -2.19. The van der Waals surface area contributed by atoms with Crippen molar-refractivity contribution in [1.29, 1.82) is 0 Å². The van der Waals surface area contributed by atoms with Gasteiger partial charge in [-0.3, -0.25) is 0 Å². The van der Waals surface area contributed by atoms with Crippen LogP contribution in [0.25, 0.3) is 0 Å². The van der Waals surface area contributed by atoms with Crippen LogP contribution in [0.5, 0.6) is 0 Å². The molecule has 0 aromatic heterocycles. The van der Waals surface area contributed by atoms with Crippen molar-refractivity contribution < 1.29 is 8.78 Å². The van der Waals surface area contributed by atoms with Crippen LogP contribution in [0, 0.1) is 5.92 Å². The van der Waals surface area contributed by atoms with E-state index in [2.05, 4.69) is 12.6 Å². The standard InChI is InChI=1S/C13H18F2S/c1-10(2)9-13(14,15)12-5-3-11(4-6-12)7-8-16/h3-6,10,16H,7-9H2,1-2H3. The fourth-order valence-electron chi connectivity index (χ4n) is 1.67. The summed E-state index contributed by atoms with van der Waals surface area (Å²) in [4.78, 5) is 0. The van der Waals surface area contributed by atoms with E-state index in [1.165, 1.54) is 12.1 Å². The van der Waals surface area contributed by atoms with Gasteiger partial charge in [0, 0.05) is 12.0 Å². The minimum Gasteiger partial charge on any atom is -0.201 e. The quantitative estimate of drug-likeness (QED) is 0.734. The lowest BCUT2D eigenvalue weighted by atomic mass is 9.97. The Labute approximate surface area is 101 Å². The lowest BCUT2D eigenvalue weighted by Crippen LogP contribution is -2.16. The van der Waals surface area contributed by atoms with Gasteiger partial charge in [0.05, 0.1) is 0 Å². The highest BCUT2D eigenvalue weighted by atomic mass is 32.1. The molecule has 1 aromatic carbocycles. The molecule has 3 heteroatoms. The second-order valence-electron chi connectivity index (χ2n) is 4.47. The molecule has 1 aromatic rings. The topological polar surface area (TPSA) is 0 Å². The summed E-state index contributed by atoms with van der Waals surface area (Å²) in [7, 11) is 0. The van der Waals surface area contributed by atoms with Crippen LogP contribution in [0.4, 0.5) is 8.78 Å². The van der Waals surface area contributed by atoms with Crippen molar-refractivity contribution in [2.75, 3.05) is 5.75 Å². The molecule has 0 aliphatic heterocycles. The highest BCUT2D eigenvalue weighted by Gasteiger charge is 2.31. The number of rotatable bonds is 5. The van der Waals surface area contributed by atoms with E-state index in [0.29, 0.717) is 0 Å². The molecule has 0 saturated heterocycles. The Morgan fingerprint density at radius 2 is 1.75 bits per heavy atom. The maximum Gasteiger partial charge on any atom is 0.273 e. The predicted molar refractivity (Wildman–Crippen MR) is 67.3 cm³/mol. The first-order valence-electron chi connectivity index (χ1n) is 5.54. The molecule has 0 N–H and O–H groups in total. The van der Waals surface area contributed by atoms with Gasteiger partial charge in [0.2, 0.25) is 0 Å². The molecule has 1 rings (SSSR count). The SMILES string of the molecule is CC(C)CC(F)(F)c1ccc(CCS)cc1. The Bertz CT molecular complexity index is 317. The highest BCUT2D eigenvalue weighted by Crippen LogP contribution is 2.34. The summed E-state index contributed by atoms with van der Waals surface area (Å²) in [6, 6.07) is 6.59. The van der Waals surface area contributed by atoms with Crippen LogP contribution in [0.3, 0.4) is 0 Å². The van der Waals surface area contributed by atoms with Crippen molar-refractivity contribution in [3.05, 3.63) is 35.4 Å². The third-order valence-corrected chi connectivity index (χ3v) is 2.66. The number of halogens is 2. The Balaban J connectivity index is 2.79. The van der Waals surface area contributed by atoms with E-state index in [0.717, 1.165) is 17.7 Å². The molecule has 0 unspecified atom stereocenters. The van der Waals surface area contributed by atoms with Crippen LogP contribution in [0.15, 0.2) is 24.3 Å². The van der Waals surface area contributed by atoms with Crippen LogP contribution in [-0.4, -0.2) is 5.75 Å². The van der Waals surface area contributed by atoms with Gasteiger partial charge in [0.25, 0.3) is 5.92 Å². The summed E-state index contributed by atoms with van der Waals surface area (Å²) in [6.07, 6.45) is 0.720. The van der Waals surface area contributed by atoms with Gasteiger partial charge in [-0.1, -0.05) is 38.1 Å². The summed E-state index contributed by atoms with van der Waals surface area (Å²) < 4.78 is 27.4. The van der Waals surface area contributed by atoms with E-state index in [1.807, 2.05) is 13.8 Å². The normalized spacial score (nSPS) is 12.1. The number of hydrogen-bond acceptors (Lipinski definition) is 1. The molecule has 0 atom stereocenters. The predicted octanol–water partition coefficient (Wildman–Crippen LogP) is 4.30. The van der Waals surface area contributed by atoms with E-state index in [-0.39, 0.29) is 17.9 Å². The molecule has 0 fully saturated rings. The molecule has 0 nitrogen and oxygen atoms in total. The van der Waals surface area contributed by atoms with E-state index >= 15 is 0 Å². The molecular weight excluding hydrogens is 226 g/mol. The molecule has 0 radical (unpaired) electrons. The first kappa shape index (κ1) is 13.5. The summed E-state index contributed by atoms with van der Waals surface area (Å²) >= 11 is 4.11. The van der Waals surface area contributed by atoms with Gasteiger partial charge >= 0.3 is 0 Å². The first-order valence-corrected chi connectivity index (χ1v) is 6.17. The molecular formula is C13H18F2S. The molecule has 0 spiro atoms. The van der Waals surface area contributed by atoms with E-state index < -0.39 is 5.92 Å². The maximum absolute atomic E-state index is 13.7. The van der Waals surface area contributed by atoms with Gasteiger partial charge in [-0.15, -0.1) is 0 Å². The van der Waals surface area contributed by atoms with Gasteiger partial charge in [0.15, 0.2) is 0 Å².